The zero-order valence-electron chi connectivity index (χ0n) is 12.2. The maximum atomic E-state index is 10.6. The standard InChI is InChI=1S/C16H24N2O2/c1-17(11-8-16(19)20)15-7-5-6-14(12-15)13-18-9-3-2-4-10-18/h5-7,12H,2-4,8-11,13H2,1H3,(H,19,20). The van der Waals surface area contributed by atoms with Crippen molar-refractivity contribution < 1.29 is 9.90 Å². The van der Waals surface area contributed by atoms with E-state index in [9.17, 15) is 4.79 Å². The Morgan fingerprint density at radius 1 is 1.30 bits per heavy atom. The topological polar surface area (TPSA) is 43.8 Å². The Morgan fingerprint density at radius 2 is 2.05 bits per heavy atom. The van der Waals surface area contributed by atoms with Gasteiger partial charge in [-0.05, 0) is 43.6 Å². The van der Waals surface area contributed by atoms with Crippen molar-refractivity contribution in [3.05, 3.63) is 29.8 Å². The average molecular weight is 276 g/mol. The molecule has 0 amide bonds. The second-order valence-electron chi connectivity index (χ2n) is 5.57. The van der Waals surface area contributed by atoms with Gasteiger partial charge in [0.2, 0.25) is 0 Å². The van der Waals surface area contributed by atoms with Crippen LogP contribution in [0.2, 0.25) is 0 Å². The van der Waals surface area contributed by atoms with Gasteiger partial charge in [0, 0.05) is 25.8 Å². The number of hydrogen-bond acceptors (Lipinski definition) is 3. The molecule has 2 rings (SSSR count). The second kappa shape index (κ2) is 7.29. The molecule has 110 valence electrons. The van der Waals surface area contributed by atoms with Gasteiger partial charge < -0.3 is 10.0 Å². The number of anilines is 1. The van der Waals surface area contributed by atoms with Gasteiger partial charge in [-0.15, -0.1) is 0 Å². The molecule has 1 heterocycles. The molecule has 1 aromatic rings. The van der Waals surface area contributed by atoms with Crippen molar-refractivity contribution in [3.63, 3.8) is 0 Å². The van der Waals surface area contributed by atoms with Crippen LogP contribution in [0.3, 0.4) is 0 Å². The van der Waals surface area contributed by atoms with Crippen molar-refractivity contribution in [1.82, 2.24) is 4.90 Å². The van der Waals surface area contributed by atoms with E-state index in [0.29, 0.717) is 6.54 Å². The Hall–Kier alpha value is -1.55. The highest BCUT2D eigenvalue weighted by atomic mass is 16.4. The SMILES string of the molecule is CN(CCC(=O)O)c1cccc(CN2CCCCC2)c1. The van der Waals surface area contributed by atoms with Gasteiger partial charge in [0.1, 0.15) is 0 Å². The molecule has 1 aliphatic rings. The summed E-state index contributed by atoms with van der Waals surface area (Å²) in [6.07, 6.45) is 4.14. The Bertz CT molecular complexity index is 442. The quantitative estimate of drug-likeness (QED) is 0.867. The van der Waals surface area contributed by atoms with Crippen LogP contribution in [0.4, 0.5) is 5.69 Å². The number of nitrogens with zero attached hydrogens (tertiary/aromatic N) is 2. The number of carboxylic acid groups (broad SMARTS) is 1. The summed E-state index contributed by atoms with van der Waals surface area (Å²) in [5.41, 5.74) is 2.41. The minimum atomic E-state index is -0.749. The first-order chi connectivity index (χ1) is 9.65. The van der Waals surface area contributed by atoms with Crippen LogP contribution >= 0.6 is 0 Å². The highest BCUT2D eigenvalue weighted by molar-refractivity contribution is 5.67. The zero-order chi connectivity index (χ0) is 14.4. The average Bonchev–Trinajstić information content (AvgIpc) is 2.46. The summed E-state index contributed by atoms with van der Waals surface area (Å²) < 4.78 is 0. The van der Waals surface area contributed by atoms with E-state index in [4.69, 9.17) is 5.11 Å². The fourth-order valence-corrected chi connectivity index (χ4v) is 2.66. The first kappa shape index (κ1) is 14.9. The third kappa shape index (κ3) is 4.53. The molecular formula is C16H24N2O2. The molecule has 0 atom stereocenters. The van der Waals surface area contributed by atoms with Crippen LogP contribution in [0.25, 0.3) is 0 Å². The van der Waals surface area contributed by atoms with Crippen LogP contribution < -0.4 is 4.90 Å². The summed E-state index contributed by atoms with van der Waals surface area (Å²) in [6.45, 7) is 3.93. The molecule has 0 bridgehead atoms. The fourth-order valence-electron chi connectivity index (χ4n) is 2.66. The third-order valence-electron chi connectivity index (χ3n) is 3.87. The first-order valence-corrected chi connectivity index (χ1v) is 7.39. The highest BCUT2D eigenvalue weighted by Gasteiger charge is 2.11. The van der Waals surface area contributed by atoms with E-state index >= 15 is 0 Å². The molecule has 0 spiro atoms. The van der Waals surface area contributed by atoms with Gasteiger partial charge in [-0.1, -0.05) is 18.6 Å². The lowest BCUT2D eigenvalue weighted by molar-refractivity contribution is -0.136. The van der Waals surface area contributed by atoms with E-state index in [2.05, 4.69) is 23.1 Å². The molecule has 4 heteroatoms. The Morgan fingerprint density at radius 3 is 2.75 bits per heavy atom. The predicted octanol–water partition coefficient (Wildman–Crippen LogP) is 2.58. The monoisotopic (exact) mass is 276 g/mol. The van der Waals surface area contributed by atoms with Gasteiger partial charge >= 0.3 is 5.97 Å². The van der Waals surface area contributed by atoms with E-state index in [1.54, 1.807) is 0 Å². The molecule has 1 saturated heterocycles. The van der Waals surface area contributed by atoms with Crippen LogP contribution in [0.15, 0.2) is 24.3 Å². The molecule has 1 aliphatic heterocycles. The lowest BCUT2D eigenvalue weighted by Crippen LogP contribution is -2.29. The summed E-state index contributed by atoms with van der Waals surface area (Å²) in [4.78, 5) is 15.1. The molecule has 1 fully saturated rings. The number of rotatable bonds is 6. The van der Waals surface area contributed by atoms with Crippen molar-refractivity contribution in [2.45, 2.75) is 32.2 Å². The second-order valence-corrected chi connectivity index (χ2v) is 5.57. The lowest BCUT2D eigenvalue weighted by atomic mass is 10.1. The van der Waals surface area contributed by atoms with Crippen molar-refractivity contribution in [2.24, 2.45) is 0 Å². The molecular weight excluding hydrogens is 252 g/mol. The van der Waals surface area contributed by atoms with E-state index < -0.39 is 5.97 Å². The minimum absolute atomic E-state index is 0.173. The first-order valence-electron chi connectivity index (χ1n) is 7.39. The van der Waals surface area contributed by atoms with Crippen molar-refractivity contribution in [3.8, 4) is 0 Å². The van der Waals surface area contributed by atoms with E-state index in [0.717, 1.165) is 12.2 Å². The van der Waals surface area contributed by atoms with Gasteiger partial charge in [-0.2, -0.15) is 0 Å². The minimum Gasteiger partial charge on any atom is -0.481 e. The van der Waals surface area contributed by atoms with Crippen molar-refractivity contribution in [1.29, 1.82) is 0 Å². The Kier molecular flexibility index (Phi) is 5.41. The van der Waals surface area contributed by atoms with Gasteiger partial charge in [-0.25, -0.2) is 0 Å². The molecule has 0 saturated carbocycles. The maximum absolute atomic E-state index is 10.6. The smallest absolute Gasteiger partial charge is 0.305 e. The highest BCUT2D eigenvalue weighted by Crippen LogP contribution is 2.18. The van der Waals surface area contributed by atoms with Crippen molar-refractivity contribution >= 4 is 11.7 Å². The molecule has 1 N–H and O–H groups in total. The number of carboxylic acids is 1. The maximum Gasteiger partial charge on any atom is 0.305 e. The van der Waals surface area contributed by atoms with Gasteiger partial charge in [0.05, 0.1) is 6.42 Å². The van der Waals surface area contributed by atoms with Crippen LogP contribution in [-0.4, -0.2) is 42.7 Å². The number of carbonyl (C=O) groups is 1. The number of hydrogen-bond donors (Lipinski definition) is 1. The van der Waals surface area contributed by atoms with E-state index in [-0.39, 0.29) is 6.42 Å². The van der Waals surface area contributed by atoms with Crippen LogP contribution in [0.5, 0.6) is 0 Å². The normalized spacial score (nSPS) is 16.1. The molecule has 0 aliphatic carbocycles. The molecule has 1 aromatic carbocycles. The molecule has 0 unspecified atom stereocenters. The summed E-state index contributed by atoms with van der Waals surface area (Å²) >= 11 is 0. The summed E-state index contributed by atoms with van der Waals surface area (Å²) in [5, 5.41) is 8.75. The number of piperidine rings is 1. The van der Waals surface area contributed by atoms with Crippen LogP contribution in [-0.2, 0) is 11.3 Å². The zero-order valence-corrected chi connectivity index (χ0v) is 12.2. The molecule has 0 radical (unpaired) electrons. The van der Waals surface area contributed by atoms with E-state index in [1.165, 1.54) is 37.9 Å². The summed E-state index contributed by atoms with van der Waals surface area (Å²) in [6, 6.07) is 8.44. The van der Waals surface area contributed by atoms with Crippen LogP contribution in [0.1, 0.15) is 31.2 Å². The van der Waals surface area contributed by atoms with Crippen molar-refractivity contribution in [2.75, 3.05) is 31.6 Å². The van der Waals surface area contributed by atoms with Crippen LogP contribution in [0, 0.1) is 0 Å². The third-order valence-corrected chi connectivity index (χ3v) is 3.87. The number of benzene rings is 1. The Balaban J connectivity index is 1.94. The van der Waals surface area contributed by atoms with Gasteiger partial charge in [0.25, 0.3) is 0 Å². The van der Waals surface area contributed by atoms with Gasteiger partial charge in [0.15, 0.2) is 0 Å². The molecule has 20 heavy (non-hydrogen) atoms. The lowest BCUT2D eigenvalue weighted by Gasteiger charge is -2.27. The largest absolute Gasteiger partial charge is 0.481 e. The predicted molar refractivity (Wildman–Crippen MR) is 81.1 cm³/mol. The summed E-state index contributed by atoms with van der Waals surface area (Å²) in [7, 11) is 1.95. The Labute approximate surface area is 121 Å². The molecule has 0 aromatic heterocycles. The molecule has 4 nitrogen and oxygen atoms in total. The summed E-state index contributed by atoms with van der Waals surface area (Å²) in [5.74, 6) is -0.749. The fraction of sp³-hybridized carbons (Fsp3) is 0.562. The van der Waals surface area contributed by atoms with E-state index in [1.807, 2.05) is 18.0 Å². The number of aliphatic carboxylic acids is 1. The number of likely N-dealkylation sites (tertiary alicyclic amines) is 1. The van der Waals surface area contributed by atoms with Gasteiger partial charge in [-0.3, -0.25) is 9.69 Å².